The Labute approximate surface area is 128 Å². The second-order valence-electron chi connectivity index (χ2n) is 5.37. The van der Waals surface area contributed by atoms with Crippen molar-refractivity contribution in [1.29, 1.82) is 0 Å². The maximum atomic E-state index is 13.6. The first-order chi connectivity index (χ1) is 10.7. The zero-order valence-electron chi connectivity index (χ0n) is 11.8. The molecule has 0 heterocycles. The number of halogens is 5. The SMILES string of the molecule is O=C(NC[C@H](O)C1CC1)N[C@H](c1c(F)cccc1F)C(F)(F)F. The van der Waals surface area contributed by atoms with Crippen LogP contribution in [0.4, 0.5) is 26.7 Å². The van der Waals surface area contributed by atoms with Crippen molar-refractivity contribution in [3.63, 3.8) is 0 Å². The molecule has 9 heteroatoms. The summed E-state index contributed by atoms with van der Waals surface area (Å²) in [5.41, 5.74) is -1.28. The highest BCUT2D eigenvalue weighted by Crippen LogP contribution is 2.35. The van der Waals surface area contributed by atoms with Crippen LogP contribution in [0.2, 0.25) is 0 Å². The van der Waals surface area contributed by atoms with Gasteiger partial charge in [0.15, 0.2) is 6.04 Å². The molecular weight excluding hydrogens is 323 g/mol. The Kier molecular flexibility index (Phi) is 5.08. The van der Waals surface area contributed by atoms with Crippen molar-refractivity contribution >= 4 is 6.03 Å². The van der Waals surface area contributed by atoms with Crippen molar-refractivity contribution < 1.29 is 31.9 Å². The average Bonchev–Trinajstić information content (AvgIpc) is 3.27. The summed E-state index contributed by atoms with van der Waals surface area (Å²) in [4.78, 5) is 11.6. The molecule has 0 aromatic heterocycles. The number of nitrogens with one attached hydrogen (secondary N) is 2. The second-order valence-corrected chi connectivity index (χ2v) is 5.37. The molecule has 1 aliphatic carbocycles. The van der Waals surface area contributed by atoms with Crippen molar-refractivity contribution in [3.05, 3.63) is 35.4 Å². The van der Waals surface area contributed by atoms with Gasteiger partial charge in [0.05, 0.1) is 11.7 Å². The van der Waals surface area contributed by atoms with Gasteiger partial charge in [-0.3, -0.25) is 0 Å². The van der Waals surface area contributed by atoms with E-state index in [-0.39, 0.29) is 12.5 Å². The molecule has 3 N–H and O–H groups in total. The van der Waals surface area contributed by atoms with Gasteiger partial charge in [-0.1, -0.05) is 6.07 Å². The first-order valence-corrected chi connectivity index (χ1v) is 6.93. The van der Waals surface area contributed by atoms with E-state index in [0.717, 1.165) is 18.9 Å². The Morgan fingerprint density at radius 2 is 1.83 bits per heavy atom. The Morgan fingerprint density at radius 3 is 2.30 bits per heavy atom. The molecule has 2 rings (SSSR count). The van der Waals surface area contributed by atoms with Crippen LogP contribution < -0.4 is 10.6 Å². The first-order valence-electron chi connectivity index (χ1n) is 6.93. The molecule has 1 aromatic carbocycles. The molecule has 2 atom stereocenters. The summed E-state index contributed by atoms with van der Waals surface area (Å²) in [6.45, 7) is -0.235. The van der Waals surface area contributed by atoms with Crippen LogP contribution in [0.25, 0.3) is 0 Å². The van der Waals surface area contributed by atoms with Gasteiger partial charge in [0.1, 0.15) is 11.6 Å². The van der Waals surface area contributed by atoms with E-state index < -0.39 is 41.6 Å². The molecule has 0 aliphatic heterocycles. The number of hydrogen-bond acceptors (Lipinski definition) is 2. The lowest BCUT2D eigenvalue weighted by Crippen LogP contribution is -2.46. The van der Waals surface area contributed by atoms with Gasteiger partial charge in [0, 0.05) is 6.54 Å². The monoisotopic (exact) mass is 338 g/mol. The minimum atomic E-state index is -5.09. The molecular formula is C14H15F5N2O2. The summed E-state index contributed by atoms with van der Waals surface area (Å²) in [7, 11) is 0. The zero-order valence-corrected chi connectivity index (χ0v) is 11.8. The third-order valence-corrected chi connectivity index (χ3v) is 3.53. The lowest BCUT2D eigenvalue weighted by molar-refractivity contribution is -0.156. The van der Waals surface area contributed by atoms with Crippen molar-refractivity contribution in [2.45, 2.75) is 31.2 Å². The van der Waals surface area contributed by atoms with Crippen LogP contribution >= 0.6 is 0 Å². The molecule has 1 saturated carbocycles. The second kappa shape index (κ2) is 6.69. The highest BCUT2D eigenvalue weighted by atomic mass is 19.4. The van der Waals surface area contributed by atoms with Crippen LogP contribution in [0.15, 0.2) is 18.2 Å². The lowest BCUT2D eigenvalue weighted by atomic mass is 10.1. The molecule has 1 fully saturated rings. The number of aliphatic hydroxyl groups is 1. The molecule has 0 unspecified atom stereocenters. The number of alkyl halides is 3. The third-order valence-electron chi connectivity index (χ3n) is 3.53. The largest absolute Gasteiger partial charge is 0.413 e. The fourth-order valence-corrected chi connectivity index (χ4v) is 2.13. The minimum Gasteiger partial charge on any atom is -0.391 e. The first kappa shape index (κ1) is 17.5. The number of aliphatic hydroxyl groups excluding tert-OH is 1. The number of urea groups is 1. The quantitative estimate of drug-likeness (QED) is 0.723. The standard InChI is InChI=1S/C14H15F5N2O2/c15-8-2-1-3-9(16)11(8)12(14(17,18)19)21-13(23)20-6-10(22)7-4-5-7/h1-3,7,10,12,22H,4-6H2,(H2,20,21,23)/t10-,12+/m0/s1. The third kappa shape index (κ3) is 4.54. The van der Waals surface area contributed by atoms with E-state index in [1.54, 1.807) is 0 Å². The Bertz CT molecular complexity index is 555. The number of hydrogen-bond donors (Lipinski definition) is 3. The summed E-state index contributed by atoms with van der Waals surface area (Å²) < 4.78 is 66.2. The Morgan fingerprint density at radius 1 is 1.26 bits per heavy atom. The van der Waals surface area contributed by atoms with Crippen LogP contribution in [-0.4, -0.2) is 30.0 Å². The Hall–Kier alpha value is -1.90. The van der Waals surface area contributed by atoms with Crippen LogP contribution in [0.1, 0.15) is 24.4 Å². The van der Waals surface area contributed by atoms with Gasteiger partial charge >= 0.3 is 12.2 Å². The smallest absolute Gasteiger partial charge is 0.391 e. The Balaban J connectivity index is 2.08. The van der Waals surface area contributed by atoms with Crippen LogP contribution in [-0.2, 0) is 0 Å². The van der Waals surface area contributed by atoms with Gasteiger partial charge < -0.3 is 15.7 Å². The summed E-state index contributed by atoms with van der Waals surface area (Å²) in [5, 5.41) is 13.1. The maximum Gasteiger partial charge on any atom is 0.413 e. The normalized spacial score (nSPS) is 17.5. The van der Waals surface area contributed by atoms with E-state index >= 15 is 0 Å². The molecule has 0 saturated heterocycles. The molecule has 23 heavy (non-hydrogen) atoms. The lowest BCUT2D eigenvalue weighted by Gasteiger charge is -2.23. The molecule has 1 aliphatic rings. The maximum absolute atomic E-state index is 13.6. The summed E-state index contributed by atoms with van der Waals surface area (Å²) in [6.07, 6.45) is -4.36. The highest BCUT2D eigenvalue weighted by Gasteiger charge is 2.45. The molecule has 0 spiro atoms. The number of carbonyl (C=O) groups excluding carboxylic acids is 1. The summed E-state index contributed by atoms with van der Waals surface area (Å²) in [6, 6.07) is -1.83. The summed E-state index contributed by atoms with van der Waals surface area (Å²) in [5.74, 6) is -2.80. The molecule has 0 bridgehead atoms. The number of carbonyl (C=O) groups is 1. The topological polar surface area (TPSA) is 61.4 Å². The van der Waals surface area contributed by atoms with E-state index in [4.69, 9.17) is 0 Å². The number of amides is 2. The van der Waals surface area contributed by atoms with E-state index in [0.29, 0.717) is 12.1 Å². The van der Waals surface area contributed by atoms with E-state index in [9.17, 15) is 31.9 Å². The van der Waals surface area contributed by atoms with E-state index in [1.165, 1.54) is 5.32 Å². The van der Waals surface area contributed by atoms with Crippen molar-refractivity contribution in [1.82, 2.24) is 10.6 Å². The highest BCUT2D eigenvalue weighted by molar-refractivity contribution is 5.74. The van der Waals surface area contributed by atoms with Crippen LogP contribution in [0.5, 0.6) is 0 Å². The molecule has 4 nitrogen and oxygen atoms in total. The van der Waals surface area contributed by atoms with E-state index in [1.807, 2.05) is 0 Å². The summed E-state index contributed by atoms with van der Waals surface area (Å²) >= 11 is 0. The molecule has 1 aromatic rings. The number of benzene rings is 1. The zero-order chi connectivity index (χ0) is 17.2. The van der Waals surface area contributed by atoms with Gasteiger partial charge in [-0.2, -0.15) is 13.2 Å². The van der Waals surface area contributed by atoms with E-state index in [2.05, 4.69) is 5.32 Å². The number of rotatable bonds is 5. The van der Waals surface area contributed by atoms with Gasteiger partial charge in [-0.05, 0) is 30.9 Å². The van der Waals surface area contributed by atoms with Crippen molar-refractivity contribution in [2.75, 3.05) is 6.54 Å². The molecule has 2 amide bonds. The van der Waals surface area contributed by atoms with Gasteiger partial charge in [0.2, 0.25) is 0 Å². The van der Waals surface area contributed by atoms with Crippen molar-refractivity contribution in [2.24, 2.45) is 5.92 Å². The predicted molar refractivity (Wildman–Crippen MR) is 70.4 cm³/mol. The van der Waals surface area contributed by atoms with Crippen LogP contribution in [0.3, 0.4) is 0 Å². The molecule has 128 valence electrons. The van der Waals surface area contributed by atoms with Gasteiger partial charge in [0.25, 0.3) is 0 Å². The average molecular weight is 338 g/mol. The fraction of sp³-hybridized carbons (Fsp3) is 0.500. The van der Waals surface area contributed by atoms with Gasteiger partial charge in [-0.15, -0.1) is 0 Å². The molecule has 0 radical (unpaired) electrons. The van der Waals surface area contributed by atoms with Crippen molar-refractivity contribution in [3.8, 4) is 0 Å². The fourth-order valence-electron chi connectivity index (χ4n) is 2.13. The minimum absolute atomic E-state index is 0.0257. The van der Waals surface area contributed by atoms with Crippen LogP contribution in [0, 0.1) is 17.6 Å². The van der Waals surface area contributed by atoms with Gasteiger partial charge in [-0.25, -0.2) is 13.6 Å². The predicted octanol–water partition coefficient (Wildman–Crippen LogP) is 2.64.